The predicted octanol–water partition coefficient (Wildman–Crippen LogP) is 1.16. The summed E-state index contributed by atoms with van der Waals surface area (Å²) in [5.74, 6) is 0.227. The van der Waals surface area contributed by atoms with E-state index in [0.717, 1.165) is 6.42 Å². The summed E-state index contributed by atoms with van der Waals surface area (Å²) in [4.78, 5) is 15.7. The summed E-state index contributed by atoms with van der Waals surface area (Å²) in [5, 5.41) is 4.04. The smallest absolute Gasteiger partial charge is 0.256 e. The predicted molar refractivity (Wildman–Crippen MR) is 65.7 cm³/mol. The van der Waals surface area contributed by atoms with Gasteiger partial charge in [0, 0.05) is 18.6 Å². The van der Waals surface area contributed by atoms with Crippen LogP contribution in [0.25, 0.3) is 5.82 Å². The number of aromatic nitrogens is 3. The number of nitrogens with two attached hydrogens (primary N) is 1. The second-order valence-corrected chi connectivity index (χ2v) is 3.67. The number of carbonyl (C=O) groups is 1. The first-order valence-corrected chi connectivity index (χ1v) is 5.65. The summed E-state index contributed by atoms with van der Waals surface area (Å²) in [6, 6.07) is 3.37. The molecule has 0 bridgehead atoms. The van der Waals surface area contributed by atoms with Crippen LogP contribution in [-0.4, -0.2) is 27.3 Å². The summed E-state index contributed by atoms with van der Waals surface area (Å²) < 4.78 is 6.99. The number of hydrogen-bond acceptors (Lipinski definition) is 4. The highest BCUT2D eigenvalue weighted by atomic mass is 16.5. The lowest BCUT2D eigenvalue weighted by molar-refractivity contribution is 0.0996. The van der Waals surface area contributed by atoms with Gasteiger partial charge in [-0.05, 0) is 18.6 Å². The molecule has 0 saturated heterocycles. The molecule has 0 radical (unpaired) electrons. The van der Waals surface area contributed by atoms with Gasteiger partial charge in [0.1, 0.15) is 11.3 Å². The van der Waals surface area contributed by atoms with Crippen molar-refractivity contribution >= 4 is 5.91 Å². The summed E-state index contributed by atoms with van der Waals surface area (Å²) in [6.07, 6.45) is 5.70. The molecule has 6 heteroatoms. The normalized spacial score (nSPS) is 10.3. The SMILES string of the molecule is CCCOc1ccnc(-n2cccn2)c1C(N)=O. The van der Waals surface area contributed by atoms with Gasteiger partial charge in [-0.15, -0.1) is 0 Å². The van der Waals surface area contributed by atoms with Crippen molar-refractivity contribution in [1.82, 2.24) is 14.8 Å². The topological polar surface area (TPSA) is 83.0 Å². The van der Waals surface area contributed by atoms with Crippen molar-refractivity contribution in [1.29, 1.82) is 0 Å². The van der Waals surface area contributed by atoms with Crippen LogP contribution in [0.15, 0.2) is 30.7 Å². The van der Waals surface area contributed by atoms with E-state index in [1.54, 1.807) is 30.7 Å². The van der Waals surface area contributed by atoms with Crippen LogP contribution in [0.1, 0.15) is 23.7 Å². The zero-order valence-corrected chi connectivity index (χ0v) is 10.0. The lowest BCUT2D eigenvalue weighted by Crippen LogP contribution is -2.18. The van der Waals surface area contributed by atoms with E-state index in [2.05, 4.69) is 10.1 Å². The van der Waals surface area contributed by atoms with Crippen molar-refractivity contribution < 1.29 is 9.53 Å². The van der Waals surface area contributed by atoms with Crippen molar-refractivity contribution in [2.24, 2.45) is 5.73 Å². The van der Waals surface area contributed by atoms with Crippen LogP contribution < -0.4 is 10.5 Å². The Kier molecular flexibility index (Phi) is 3.57. The number of pyridine rings is 1. The molecule has 2 N–H and O–H groups in total. The Morgan fingerprint density at radius 2 is 2.33 bits per heavy atom. The van der Waals surface area contributed by atoms with Gasteiger partial charge < -0.3 is 10.5 Å². The van der Waals surface area contributed by atoms with Gasteiger partial charge in [0.25, 0.3) is 5.91 Å². The maximum absolute atomic E-state index is 11.6. The Bertz CT molecular complexity index is 537. The average molecular weight is 246 g/mol. The Balaban J connectivity index is 2.49. The molecule has 0 unspecified atom stereocenters. The standard InChI is InChI=1S/C12H14N4O2/c1-2-8-18-9-4-6-14-12(10(9)11(13)17)16-7-3-5-15-16/h3-7H,2,8H2,1H3,(H2,13,17). The highest BCUT2D eigenvalue weighted by Gasteiger charge is 2.17. The fraction of sp³-hybridized carbons (Fsp3) is 0.250. The van der Waals surface area contributed by atoms with Gasteiger partial charge >= 0.3 is 0 Å². The fourth-order valence-electron chi connectivity index (χ4n) is 1.57. The first-order chi connectivity index (χ1) is 8.74. The molecule has 6 nitrogen and oxygen atoms in total. The third kappa shape index (κ3) is 2.32. The quantitative estimate of drug-likeness (QED) is 0.858. The first-order valence-electron chi connectivity index (χ1n) is 5.65. The average Bonchev–Trinajstić information content (AvgIpc) is 2.89. The Morgan fingerprint density at radius 3 is 2.94 bits per heavy atom. The molecule has 2 rings (SSSR count). The van der Waals surface area contributed by atoms with Gasteiger partial charge in [-0.1, -0.05) is 6.92 Å². The number of ether oxygens (including phenoxy) is 1. The molecule has 0 aromatic carbocycles. The minimum absolute atomic E-state index is 0.245. The molecular formula is C12H14N4O2. The van der Waals surface area contributed by atoms with Gasteiger partial charge in [0.2, 0.25) is 0 Å². The molecule has 2 heterocycles. The van der Waals surface area contributed by atoms with Crippen molar-refractivity contribution in [2.75, 3.05) is 6.61 Å². The maximum atomic E-state index is 11.6. The van der Waals surface area contributed by atoms with Gasteiger partial charge in [0.05, 0.1) is 6.61 Å². The number of amides is 1. The first kappa shape index (κ1) is 12.1. The number of carbonyl (C=O) groups excluding carboxylic acids is 1. The molecule has 0 aliphatic carbocycles. The Hall–Kier alpha value is -2.37. The van der Waals surface area contributed by atoms with E-state index in [0.29, 0.717) is 18.2 Å². The molecule has 0 atom stereocenters. The van der Waals surface area contributed by atoms with E-state index >= 15 is 0 Å². The van der Waals surface area contributed by atoms with Crippen LogP contribution >= 0.6 is 0 Å². The van der Waals surface area contributed by atoms with E-state index in [-0.39, 0.29) is 5.56 Å². The summed E-state index contributed by atoms with van der Waals surface area (Å²) in [7, 11) is 0. The summed E-state index contributed by atoms with van der Waals surface area (Å²) in [5.41, 5.74) is 5.64. The molecular weight excluding hydrogens is 232 g/mol. The summed E-state index contributed by atoms with van der Waals surface area (Å²) >= 11 is 0. The molecule has 2 aromatic rings. The van der Waals surface area contributed by atoms with Gasteiger partial charge in [-0.25, -0.2) is 9.67 Å². The van der Waals surface area contributed by atoms with Crippen molar-refractivity contribution in [3.63, 3.8) is 0 Å². The Labute approximate surface area is 104 Å². The third-order valence-corrected chi connectivity index (χ3v) is 2.32. The molecule has 1 amide bonds. The highest BCUT2D eigenvalue weighted by molar-refractivity contribution is 5.98. The molecule has 0 spiro atoms. The van der Waals surface area contributed by atoms with E-state index in [1.165, 1.54) is 4.68 Å². The largest absolute Gasteiger partial charge is 0.493 e. The third-order valence-electron chi connectivity index (χ3n) is 2.32. The molecule has 0 saturated carbocycles. The second-order valence-electron chi connectivity index (χ2n) is 3.67. The number of nitrogens with zero attached hydrogens (tertiary/aromatic N) is 3. The molecule has 94 valence electrons. The van der Waals surface area contributed by atoms with Crippen molar-refractivity contribution in [2.45, 2.75) is 13.3 Å². The monoisotopic (exact) mass is 246 g/mol. The lowest BCUT2D eigenvalue weighted by atomic mass is 10.2. The van der Waals surface area contributed by atoms with Crippen LogP contribution in [0.5, 0.6) is 5.75 Å². The maximum Gasteiger partial charge on any atom is 0.256 e. The number of hydrogen-bond donors (Lipinski definition) is 1. The second kappa shape index (κ2) is 5.31. The summed E-state index contributed by atoms with van der Waals surface area (Å²) in [6.45, 7) is 2.50. The molecule has 0 aliphatic heterocycles. The van der Waals surface area contributed by atoms with E-state index < -0.39 is 5.91 Å². The van der Waals surface area contributed by atoms with Gasteiger partial charge in [-0.3, -0.25) is 4.79 Å². The van der Waals surface area contributed by atoms with E-state index in [1.807, 2.05) is 6.92 Å². The minimum atomic E-state index is -0.584. The molecule has 18 heavy (non-hydrogen) atoms. The zero-order chi connectivity index (χ0) is 13.0. The van der Waals surface area contributed by atoms with Gasteiger partial charge in [-0.2, -0.15) is 5.10 Å². The minimum Gasteiger partial charge on any atom is -0.493 e. The van der Waals surface area contributed by atoms with Crippen LogP contribution in [-0.2, 0) is 0 Å². The number of primary amides is 1. The highest BCUT2D eigenvalue weighted by Crippen LogP contribution is 2.22. The van der Waals surface area contributed by atoms with Crippen LogP contribution in [0.2, 0.25) is 0 Å². The fourth-order valence-corrected chi connectivity index (χ4v) is 1.57. The van der Waals surface area contributed by atoms with Crippen molar-refractivity contribution in [3.05, 3.63) is 36.3 Å². The Morgan fingerprint density at radius 1 is 1.50 bits per heavy atom. The molecule has 2 aromatic heterocycles. The van der Waals surface area contributed by atoms with Crippen LogP contribution in [0, 0.1) is 0 Å². The van der Waals surface area contributed by atoms with Crippen molar-refractivity contribution in [3.8, 4) is 11.6 Å². The molecule has 0 fully saturated rings. The van der Waals surface area contributed by atoms with Gasteiger partial charge in [0.15, 0.2) is 5.82 Å². The molecule has 0 aliphatic rings. The van der Waals surface area contributed by atoms with E-state index in [9.17, 15) is 4.79 Å². The van der Waals surface area contributed by atoms with Crippen LogP contribution in [0.3, 0.4) is 0 Å². The van der Waals surface area contributed by atoms with E-state index in [4.69, 9.17) is 10.5 Å². The lowest BCUT2D eigenvalue weighted by Gasteiger charge is -2.11. The van der Waals surface area contributed by atoms with Crippen LogP contribution in [0.4, 0.5) is 0 Å². The number of rotatable bonds is 5. The zero-order valence-electron chi connectivity index (χ0n) is 10.0.